The van der Waals surface area contributed by atoms with Crippen molar-refractivity contribution in [3.63, 3.8) is 0 Å². The number of fused-ring (bicyclic) bond motifs is 1. The Morgan fingerprint density at radius 1 is 1.43 bits per heavy atom. The van der Waals surface area contributed by atoms with Crippen molar-refractivity contribution in [2.45, 2.75) is 0 Å². The van der Waals surface area contributed by atoms with E-state index in [9.17, 15) is 8.42 Å². The summed E-state index contributed by atoms with van der Waals surface area (Å²) in [4.78, 5) is 6.86. The maximum Gasteiger partial charge on any atom is 0.306 e. The van der Waals surface area contributed by atoms with Gasteiger partial charge in [-0.25, -0.2) is 4.98 Å². The van der Waals surface area contributed by atoms with E-state index < -0.39 is 10.1 Å². The molecule has 0 aliphatic rings. The highest BCUT2D eigenvalue weighted by Gasteiger charge is 2.05. The molecule has 1 aromatic carbocycles. The Labute approximate surface area is 80.9 Å². The van der Waals surface area contributed by atoms with Crippen molar-refractivity contribution < 1.29 is 12.6 Å². The van der Waals surface area contributed by atoms with Gasteiger partial charge in [0.2, 0.25) is 0 Å². The summed E-state index contributed by atoms with van der Waals surface area (Å²) >= 11 is 0. The van der Waals surface area contributed by atoms with Crippen LogP contribution in [0.1, 0.15) is 0 Å². The molecule has 0 atom stereocenters. The van der Waals surface area contributed by atoms with Gasteiger partial charge in [0.1, 0.15) is 5.75 Å². The number of hydrogen-bond acceptors (Lipinski definition) is 4. The predicted octanol–water partition coefficient (Wildman–Crippen LogP) is 0.901. The van der Waals surface area contributed by atoms with Crippen molar-refractivity contribution in [3.8, 4) is 5.75 Å². The lowest BCUT2D eigenvalue weighted by Crippen LogP contribution is -2.05. The van der Waals surface area contributed by atoms with E-state index in [1.807, 2.05) is 0 Å². The summed E-state index contributed by atoms with van der Waals surface area (Å²) in [6.45, 7) is 0. The molecule has 6 heteroatoms. The van der Waals surface area contributed by atoms with Crippen LogP contribution in [0.4, 0.5) is 0 Å². The largest absolute Gasteiger partial charge is 0.383 e. The van der Waals surface area contributed by atoms with Gasteiger partial charge in [0, 0.05) is 6.07 Å². The van der Waals surface area contributed by atoms with Crippen molar-refractivity contribution in [2.75, 3.05) is 6.26 Å². The average Bonchev–Trinajstić information content (AvgIpc) is 2.47. The summed E-state index contributed by atoms with van der Waals surface area (Å²) < 4.78 is 26.4. The van der Waals surface area contributed by atoms with E-state index in [0.29, 0.717) is 0 Å². The summed E-state index contributed by atoms with van der Waals surface area (Å²) in [6.07, 6.45) is 2.54. The van der Waals surface area contributed by atoms with Crippen LogP contribution in [0.15, 0.2) is 24.5 Å². The molecule has 0 spiro atoms. The summed E-state index contributed by atoms with van der Waals surface area (Å²) in [6, 6.07) is 4.83. The molecule has 1 N–H and O–H groups in total. The minimum atomic E-state index is -3.46. The maximum absolute atomic E-state index is 10.8. The molecule has 2 aromatic rings. The molecule has 0 aliphatic carbocycles. The fourth-order valence-electron chi connectivity index (χ4n) is 1.14. The molecule has 2 rings (SSSR count). The Hall–Kier alpha value is -1.56. The van der Waals surface area contributed by atoms with Crippen LogP contribution in [-0.2, 0) is 10.1 Å². The molecule has 0 radical (unpaired) electrons. The summed E-state index contributed by atoms with van der Waals surface area (Å²) in [5.74, 6) is 0.282. The van der Waals surface area contributed by atoms with Crippen LogP contribution in [-0.4, -0.2) is 24.6 Å². The maximum atomic E-state index is 10.8. The number of aromatic nitrogens is 2. The Morgan fingerprint density at radius 2 is 2.21 bits per heavy atom. The van der Waals surface area contributed by atoms with Gasteiger partial charge in [0.25, 0.3) is 0 Å². The highest BCUT2D eigenvalue weighted by atomic mass is 32.2. The first-order chi connectivity index (χ1) is 6.54. The number of hydrogen-bond donors (Lipinski definition) is 1. The number of H-pyrrole nitrogens is 1. The zero-order chi connectivity index (χ0) is 10.2. The number of rotatable bonds is 2. The molecular formula is C8H8N2O3S. The van der Waals surface area contributed by atoms with Crippen LogP contribution in [0.5, 0.6) is 5.75 Å². The third-order valence-corrected chi connectivity index (χ3v) is 2.13. The van der Waals surface area contributed by atoms with Gasteiger partial charge >= 0.3 is 10.1 Å². The standard InChI is InChI=1S/C8H8N2O3S/c1-14(11,12)13-6-2-3-7-8(4-6)10-5-9-7/h2-5H,1H3,(H,9,10). The molecule has 14 heavy (non-hydrogen) atoms. The minimum absolute atomic E-state index is 0.282. The Balaban J connectivity index is 2.44. The molecule has 1 aromatic heterocycles. The van der Waals surface area contributed by atoms with Gasteiger partial charge < -0.3 is 9.17 Å². The zero-order valence-corrected chi connectivity index (χ0v) is 8.21. The fourth-order valence-corrected chi connectivity index (χ4v) is 1.59. The molecule has 0 aliphatic heterocycles. The normalized spacial score (nSPS) is 11.8. The SMILES string of the molecule is CS(=O)(=O)Oc1ccc2nc[nH]c2c1. The van der Waals surface area contributed by atoms with E-state index >= 15 is 0 Å². The second-order valence-electron chi connectivity index (χ2n) is 2.87. The van der Waals surface area contributed by atoms with Crippen LogP contribution < -0.4 is 4.18 Å². The van der Waals surface area contributed by atoms with E-state index in [2.05, 4.69) is 9.97 Å². The van der Waals surface area contributed by atoms with Gasteiger partial charge in [0.15, 0.2) is 0 Å². The van der Waals surface area contributed by atoms with Gasteiger partial charge in [-0.15, -0.1) is 0 Å². The second kappa shape index (κ2) is 2.98. The average molecular weight is 212 g/mol. The van der Waals surface area contributed by atoms with Crippen molar-refractivity contribution >= 4 is 21.2 Å². The van der Waals surface area contributed by atoms with Gasteiger partial charge in [0.05, 0.1) is 23.6 Å². The van der Waals surface area contributed by atoms with Gasteiger partial charge in [-0.05, 0) is 12.1 Å². The highest BCUT2D eigenvalue weighted by molar-refractivity contribution is 7.86. The van der Waals surface area contributed by atoms with Gasteiger partial charge in [-0.1, -0.05) is 0 Å². The lowest BCUT2D eigenvalue weighted by atomic mass is 10.3. The molecule has 5 nitrogen and oxygen atoms in total. The summed E-state index contributed by atoms with van der Waals surface area (Å²) in [7, 11) is -3.46. The molecule has 0 saturated heterocycles. The third-order valence-electron chi connectivity index (χ3n) is 1.64. The molecule has 0 saturated carbocycles. The molecule has 1 heterocycles. The molecule has 0 amide bonds. The van der Waals surface area contributed by atoms with Gasteiger partial charge in [-0.2, -0.15) is 8.42 Å². The quantitative estimate of drug-likeness (QED) is 0.751. The summed E-state index contributed by atoms with van der Waals surface area (Å²) in [5, 5.41) is 0. The topological polar surface area (TPSA) is 72.1 Å². The lowest BCUT2D eigenvalue weighted by molar-refractivity contribution is 0.493. The monoisotopic (exact) mass is 212 g/mol. The van der Waals surface area contributed by atoms with E-state index in [-0.39, 0.29) is 5.75 Å². The molecule has 0 fully saturated rings. The van der Waals surface area contributed by atoms with Crippen molar-refractivity contribution in [3.05, 3.63) is 24.5 Å². The predicted molar refractivity (Wildman–Crippen MR) is 51.6 cm³/mol. The number of aromatic amines is 1. The lowest BCUT2D eigenvalue weighted by Gasteiger charge is -2.01. The molecular weight excluding hydrogens is 204 g/mol. The Kier molecular flexibility index (Phi) is 1.92. The number of nitrogens with one attached hydrogen (secondary N) is 1. The fraction of sp³-hybridized carbons (Fsp3) is 0.125. The first-order valence-electron chi connectivity index (χ1n) is 3.87. The van der Waals surface area contributed by atoms with Crippen molar-refractivity contribution in [2.24, 2.45) is 0 Å². The second-order valence-corrected chi connectivity index (χ2v) is 4.44. The van der Waals surface area contributed by atoms with Crippen molar-refractivity contribution in [1.82, 2.24) is 9.97 Å². The zero-order valence-electron chi connectivity index (χ0n) is 7.39. The van der Waals surface area contributed by atoms with Crippen LogP contribution in [0.3, 0.4) is 0 Å². The van der Waals surface area contributed by atoms with E-state index in [1.165, 1.54) is 6.33 Å². The van der Waals surface area contributed by atoms with E-state index in [1.54, 1.807) is 18.2 Å². The number of imidazole rings is 1. The van der Waals surface area contributed by atoms with Crippen LogP contribution >= 0.6 is 0 Å². The molecule has 0 bridgehead atoms. The summed E-state index contributed by atoms with van der Waals surface area (Å²) in [5.41, 5.74) is 1.51. The van der Waals surface area contributed by atoms with E-state index in [4.69, 9.17) is 4.18 Å². The smallest absolute Gasteiger partial charge is 0.306 e. The number of benzene rings is 1. The molecule has 74 valence electrons. The first-order valence-corrected chi connectivity index (χ1v) is 5.69. The van der Waals surface area contributed by atoms with Crippen LogP contribution in [0.25, 0.3) is 11.0 Å². The highest BCUT2D eigenvalue weighted by Crippen LogP contribution is 2.18. The minimum Gasteiger partial charge on any atom is -0.383 e. The van der Waals surface area contributed by atoms with Crippen molar-refractivity contribution in [1.29, 1.82) is 0 Å². The van der Waals surface area contributed by atoms with Gasteiger partial charge in [-0.3, -0.25) is 0 Å². The third kappa shape index (κ3) is 1.85. The Morgan fingerprint density at radius 3 is 2.93 bits per heavy atom. The van der Waals surface area contributed by atoms with E-state index in [0.717, 1.165) is 17.3 Å². The number of nitrogens with zero attached hydrogens (tertiary/aromatic N) is 1. The molecule has 0 unspecified atom stereocenters. The Bertz CT molecular complexity index is 559. The first kappa shape index (κ1) is 9.01. The van der Waals surface area contributed by atoms with Crippen LogP contribution in [0.2, 0.25) is 0 Å². The van der Waals surface area contributed by atoms with Crippen LogP contribution in [0, 0.1) is 0 Å².